The van der Waals surface area contributed by atoms with E-state index in [1.807, 2.05) is 0 Å². The minimum atomic E-state index is 0. The van der Waals surface area contributed by atoms with Crippen molar-refractivity contribution >= 4 is 58.7 Å². The average molecular weight is 160 g/mol. The molecule has 3 N–H and O–H groups in total. The van der Waals surface area contributed by atoms with E-state index in [1.54, 1.807) is 0 Å². The van der Waals surface area contributed by atoms with Crippen molar-refractivity contribution in [2.45, 2.75) is 0 Å². The molecule has 5 heteroatoms. The zero-order chi connectivity index (χ0) is 5.70. The Kier molecular flexibility index (Phi) is 12.2. The molecule has 8 heavy (non-hydrogen) atoms. The van der Waals surface area contributed by atoms with Crippen LogP contribution in [0.5, 0.6) is 0 Å². The third-order valence-corrected chi connectivity index (χ3v) is 0.723. The number of thiocarbonyl (C=S) groups is 1. The van der Waals surface area contributed by atoms with E-state index in [0.29, 0.717) is 17.4 Å². The van der Waals surface area contributed by atoms with E-state index in [-0.39, 0.29) is 29.6 Å². The van der Waals surface area contributed by atoms with Gasteiger partial charge >= 0.3 is 29.6 Å². The van der Waals surface area contributed by atoms with Crippen molar-refractivity contribution in [2.75, 3.05) is 13.1 Å². The fourth-order valence-corrected chi connectivity index (χ4v) is 0.393. The van der Waals surface area contributed by atoms with Crippen LogP contribution >= 0.6 is 24.8 Å². The van der Waals surface area contributed by atoms with Crippen LogP contribution in [-0.4, -0.2) is 47.0 Å². The van der Waals surface area contributed by atoms with Crippen molar-refractivity contribution < 1.29 is 0 Å². The number of nitrogens with one attached hydrogen (secondary N) is 1. The number of rotatable bonds is 2. The first kappa shape index (κ1) is 11.9. The summed E-state index contributed by atoms with van der Waals surface area (Å²) in [6.07, 6.45) is 0. The molecule has 0 aliphatic rings. The third-order valence-electron chi connectivity index (χ3n) is 0.421. The molecule has 0 rings (SSSR count). The van der Waals surface area contributed by atoms with Gasteiger partial charge in [0, 0.05) is 13.1 Å². The monoisotopic (exact) mass is 160 g/mol. The molecule has 44 valence electrons. The molecule has 2 nitrogen and oxygen atoms in total. The fraction of sp³-hybridized carbons (Fsp3) is 0.667. The van der Waals surface area contributed by atoms with Crippen LogP contribution in [-0.2, 0) is 0 Å². The standard InChI is InChI=1S/C3H8N2S2.Na.H/c4-1-2-5-3(6)7;;/h1-2,4H2,(H2,5,6,7);;. The molecule has 0 aromatic rings. The molecule has 0 unspecified atom stereocenters. The average Bonchev–Trinajstić information content (AvgIpc) is 1.61. The van der Waals surface area contributed by atoms with Crippen LogP contribution in [0.1, 0.15) is 0 Å². The first-order valence-corrected chi connectivity index (χ1v) is 2.79. The predicted octanol–water partition coefficient (Wildman–Crippen LogP) is -0.899. The molecule has 0 aliphatic carbocycles. The molecule has 0 aromatic carbocycles. The van der Waals surface area contributed by atoms with E-state index in [4.69, 9.17) is 5.73 Å². The van der Waals surface area contributed by atoms with Crippen molar-refractivity contribution in [1.82, 2.24) is 5.32 Å². The van der Waals surface area contributed by atoms with Crippen LogP contribution in [0.3, 0.4) is 0 Å². The zero-order valence-electron chi connectivity index (χ0n) is 3.85. The normalized spacial score (nSPS) is 7.25. The number of hydrogen-bond donors (Lipinski definition) is 3. The molecular weight excluding hydrogens is 151 g/mol. The summed E-state index contributed by atoms with van der Waals surface area (Å²) in [6.45, 7) is 1.31. The summed E-state index contributed by atoms with van der Waals surface area (Å²) in [5.74, 6) is 0. The van der Waals surface area contributed by atoms with Gasteiger partial charge in [-0.25, -0.2) is 0 Å². The van der Waals surface area contributed by atoms with E-state index in [0.717, 1.165) is 0 Å². The van der Waals surface area contributed by atoms with Gasteiger partial charge < -0.3 is 11.1 Å². The van der Waals surface area contributed by atoms with E-state index in [1.165, 1.54) is 0 Å². The Morgan fingerprint density at radius 3 is 2.38 bits per heavy atom. The second-order valence-corrected chi connectivity index (χ2v) is 2.18. The van der Waals surface area contributed by atoms with Gasteiger partial charge in [0.15, 0.2) is 0 Å². The van der Waals surface area contributed by atoms with E-state index >= 15 is 0 Å². The van der Waals surface area contributed by atoms with Crippen molar-refractivity contribution in [3.8, 4) is 0 Å². The Morgan fingerprint density at radius 2 is 2.25 bits per heavy atom. The van der Waals surface area contributed by atoms with Gasteiger partial charge in [0.05, 0.1) is 0 Å². The van der Waals surface area contributed by atoms with Crippen molar-refractivity contribution in [3.63, 3.8) is 0 Å². The van der Waals surface area contributed by atoms with E-state index in [9.17, 15) is 0 Å². The summed E-state index contributed by atoms with van der Waals surface area (Å²) in [6, 6.07) is 0. The molecule has 0 saturated carbocycles. The SMILES string of the molecule is NCCNC(=S)S.[NaH]. The molecule has 0 saturated heterocycles. The number of hydrogen-bond acceptors (Lipinski definition) is 2. The maximum atomic E-state index is 5.12. The quantitative estimate of drug-likeness (QED) is 0.278. The maximum absolute atomic E-state index is 5.12. The Balaban J connectivity index is 0. The number of nitrogens with two attached hydrogens (primary N) is 1. The summed E-state index contributed by atoms with van der Waals surface area (Å²) >= 11 is 8.36. The second-order valence-electron chi connectivity index (χ2n) is 1.02. The van der Waals surface area contributed by atoms with Gasteiger partial charge in [-0.05, 0) is 0 Å². The summed E-state index contributed by atoms with van der Waals surface area (Å²) in [5, 5.41) is 2.77. The first-order valence-electron chi connectivity index (χ1n) is 1.94. The van der Waals surface area contributed by atoms with Gasteiger partial charge in [-0.15, -0.1) is 12.6 Å². The van der Waals surface area contributed by atoms with Gasteiger partial charge in [-0.3, -0.25) is 0 Å². The zero-order valence-corrected chi connectivity index (χ0v) is 5.56. The Hall–Kier alpha value is 1.20. The second kappa shape index (κ2) is 8.20. The molecule has 0 atom stereocenters. The predicted molar refractivity (Wildman–Crippen MR) is 45.8 cm³/mol. The molecule has 0 bridgehead atoms. The fourth-order valence-electron chi connectivity index (χ4n) is 0.179. The topological polar surface area (TPSA) is 38.0 Å². The third kappa shape index (κ3) is 10.2. The molecule has 0 heterocycles. The Bertz CT molecular complexity index is 68.3. The van der Waals surface area contributed by atoms with Gasteiger partial charge in [0.1, 0.15) is 4.32 Å². The minimum absolute atomic E-state index is 0. The molecule has 0 aromatic heterocycles. The van der Waals surface area contributed by atoms with Crippen LogP contribution in [0.2, 0.25) is 0 Å². The summed E-state index contributed by atoms with van der Waals surface area (Å²) < 4.78 is 0.505. The van der Waals surface area contributed by atoms with Crippen molar-refractivity contribution in [2.24, 2.45) is 5.73 Å². The Labute approximate surface area is 82.3 Å². The molecule has 0 amide bonds. The van der Waals surface area contributed by atoms with E-state index < -0.39 is 0 Å². The Morgan fingerprint density at radius 1 is 1.75 bits per heavy atom. The van der Waals surface area contributed by atoms with Gasteiger partial charge in [0.2, 0.25) is 0 Å². The molecular formula is C3H9N2NaS2. The van der Waals surface area contributed by atoms with Gasteiger partial charge in [-0.2, -0.15) is 0 Å². The molecule has 0 radical (unpaired) electrons. The van der Waals surface area contributed by atoms with Crippen molar-refractivity contribution in [3.05, 3.63) is 0 Å². The van der Waals surface area contributed by atoms with Gasteiger partial charge in [0.25, 0.3) is 0 Å². The van der Waals surface area contributed by atoms with Crippen LogP contribution in [0.4, 0.5) is 0 Å². The summed E-state index contributed by atoms with van der Waals surface area (Å²) in [7, 11) is 0. The molecule has 0 fully saturated rings. The van der Waals surface area contributed by atoms with Crippen LogP contribution in [0.15, 0.2) is 0 Å². The van der Waals surface area contributed by atoms with Crippen LogP contribution < -0.4 is 11.1 Å². The summed E-state index contributed by atoms with van der Waals surface area (Å²) in [4.78, 5) is 0. The molecule has 0 aliphatic heterocycles. The van der Waals surface area contributed by atoms with Gasteiger partial charge in [-0.1, -0.05) is 12.2 Å². The van der Waals surface area contributed by atoms with Crippen molar-refractivity contribution in [1.29, 1.82) is 0 Å². The first-order chi connectivity index (χ1) is 3.27. The molecule has 0 spiro atoms. The summed E-state index contributed by atoms with van der Waals surface area (Å²) in [5.41, 5.74) is 5.12. The number of thiol groups is 1. The van der Waals surface area contributed by atoms with E-state index in [2.05, 4.69) is 30.2 Å². The van der Waals surface area contributed by atoms with Crippen LogP contribution in [0, 0.1) is 0 Å². The van der Waals surface area contributed by atoms with Crippen LogP contribution in [0.25, 0.3) is 0 Å².